The Morgan fingerprint density at radius 2 is 1.56 bits per heavy atom. The van der Waals surface area contributed by atoms with Crippen molar-refractivity contribution in [3.05, 3.63) is 106 Å². The number of alkyl carbamates (subject to hydrolysis) is 1. The van der Waals surface area contributed by atoms with Crippen LogP contribution in [0.25, 0.3) is 0 Å². The highest BCUT2D eigenvalue weighted by molar-refractivity contribution is 7.81. The summed E-state index contributed by atoms with van der Waals surface area (Å²) >= 11 is 4.67. The lowest BCUT2D eigenvalue weighted by Gasteiger charge is -2.43. The van der Waals surface area contributed by atoms with Crippen LogP contribution in [0.5, 0.6) is 0 Å². The molecule has 1 unspecified atom stereocenters. The van der Waals surface area contributed by atoms with Crippen molar-refractivity contribution in [2.24, 2.45) is 0 Å². The first-order chi connectivity index (χ1) is 22.5. The van der Waals surface area contributed by atoms with Crippen LogP contribution < -0.4 is 5.32 Å². The van der Waals surface area contributed by atoms with Crippen molar-refractivity contribution in [2.75, 3.05) is 7.11 Å². The van der Waals surface area contributed by atoms with Crippen molar-refractivity contribution in [2.45, 2.75) is 89.5 Å². The second-order valence-corrected chi connectivity index (χ2v) is 14.7. The molecule has 0 spiro atoms. The van der Waals surface area contributed by atoms with E-state index in [4.69, 9.17) is 9.47 Å². The van der Waals surface area contributed by atoms with Crippen LogP contribution in [0.4, 0.5) is 9.18 Å². The van der Waals surface area contributed by atoms with Crippen LogP contribution in [-0.4, -0.2) is 63.2 Å². The van der Waals surface area contributed by atoms with E-state index in [2.05, 4.69) is 17.9 Å². The van der Waals surface area contributed by atoms with Crippen LogP contribution >= 0.6 is 12.6 Å². The maximum absolute atomic E-state index is 15.2. The number of nitrogens with zero attached hydrogens (tertiary/aromatic N) is 2. The monoisotopic (exact) mass is 677 g/mol. The molecule has 48 heavy (non-hydrogen) atoms. The number of carbonyl (C=O) groups is 4. The van der Waals surface area contributed by atoms with Gasteiger partial charge in [0.2, 0.25) is 11.8 Å². The number of ether oxygens (including phenoxy) is 2. The number of fused-ring (bicyclic) bond motifs is 1. The van der Waals surface area contributed by atoms with Crippen molar-refractivity contribution in [3.63, 3.8) is 0 Å². The minimum Gasteiger partial charge on any atom is -0.465 e. The summed E-state index contributed by atoms with van der Waals surface area (Å²) in [7, 11) is 1.30. The minimum absolute atomic E-state index is 0.0631. The average Bonchev–Trinajstić information content (AvgIpc) is 3.03. The van der Waals surface area contributed by atoms with Crippen LogP contribution in [0.3, 0.4) is 0 Å². The highest BCUT2D eigenvalue weighted by atomic mass is 32.1. The number of hydrogen-bond acceptors (Lipinski definition) is 7. The molecule has 1 aliphatic heterocycles. The van der Waals surface area contributed by atoms with Gasteiger partial charge in [-0.3, -0.25) is 9.59 Å². The number of carbonyl (C=O) groups excluding carboxylic acids is 4. The maximum atomic E-state index is 15.2. The Morgan fingerprint density at radius 1 is 0.958 bits per heavy atom. The molecule has 3 atom stereocenters. The topological polar surface area (TPSA) is 105 Å². The fraction of sp³-hybridized carbons (Fsp3) is 0.405. The van der Waals surface area contributed by atoms with Gasteiger partial charge in [0, 0.05) is 29.8 Å². The number of halogens is 1. The average molecular weight is 678 g/mol. The molecule has 3 aromatic carbocycles. The van der Waals surface area contributed by atoms with Crippen molar-refractivity contribution < 1.29 is 33.0 Å². The highest BCUT2D eigenvalue weighted by Gasteiger charge is 2.44. The van der Waals surface area contributed by atoms with Gasteiger partial charge in [0.1, 0.15) is 23.5 Å². The molecule has 1 aliphatic rings. The molecule has 0 aliphatic carbocycles. The van der Waals surface area contributed by atoms with E-state index < -0.39 is 58.2 Å². The van der Waals surface area contributed by atoms with Gasteiger partial charge in [0.15, 0.2) is 0 Å². The van der Waals surface area contributed by atoms with Gasteiger partial charge in [0.25, 0.3) is 0 Å². The predicted molar refractivity (Wildman–Crippen MR) is 184 cm³/mol. The van der Waals surface area contributed by atoms with E-state index in [0.717, 1.165) is 11.1 Å². The molecule has 1 heterocycles. The Labute approximate surface area is 287 Å². The number of rotatable bonds is 9. The van der Waals surface area contributed by atoms with Crippen LogP contribution in [0.15, 0.2) is 72.8 Å². The molecule has 0 radical (unpaired) electrons. The Hall–Kier alpha value is -4.38. The molecule has 4 rings (SSSR count). The first-order valence-electron chi connectivity index (χ1n) is 15.8. The zero-order chi connectivity index (χ0) is 35.4. The van der Waals surface area contributed by atoms with Crippen LogP contribution in [0.1, 0.15) is 80.2 Å². The molecule has 11 heteroatoms. The Kier molecular flexibility index (Phi) is 11.2. The summed E-state index contributed by atoms with van der Waals surface area (Å²) in [4.78, 5) is 57.4. The summed E-state index contributed by atoms with van der Waals surface area (Å²) in [5, 5.41) is 2.70. The summed E-state index contributed by atoms with van der Waals surface area (Å²) in [5.41, 5.74) is 2.32. The van der Waals surface area contributed by atoms with Gasteiger partial charge in [0.05, 0.1) is 18.7 Å². The molecule has 9 nitrogen and oxygen atoms in total. The fourth-order valence-corrected chi connectivity index (χ4v) is 5.92. The first-order valence-corrected chi connectivity index (χ1v) is 16.3. The largest absolute Gasteiger partial charge is 0.465 e. The number of benzene rings is 3. The standard InChI is InChI=1S/C37H44FN3O6S/c1-23(28-14-10-11-15-29(28)38)40(21-24-16-18-25(19-17-24)34(44)46-7)32(42)30-20-26-12-8-9-13-27(26)22-41(30)33(43)31(37(5,6)48)39-35(45)47-36(2,3)4/h8-19,23,30-31,48H,20-22H2,1-7H3,(H,39,45)/t23-,30+,31?/m1/s1. The van der Waals surface area contributed by atoms with E-state index in [1.807, 2.05) is 24.3 Å². The normalized spacial score (nSPS) is 15.9. The maximum Gasteiger partial charge on any atom is 0.408 e. The first kappa shape index (κ1) is 36.5. The van der Waals surface area contributed by atoms with Crippen LogP contribution in [0.2, 0.25) is 0 Å². The molecule has 0 saturated carbocycles. The van der Waals surface area contributed by atoms with Crippen molar-refractivity contribution in [1.29, 1.82) is 0 Å². The summed E-state index contributed by atoms with van der Waals surface area (Å²) in [6.07, 6.45) is -0.581. The van der Waals surface area contributed by atoms with Gasteiger partial charge in [-0.15, -0.1) is 0 Å². The number of amides is 3. The smallest absolute Gasteiger partial charge is 0.408 e. The summed E-state index contributed by atoms with van der Waals surface area (Å²) in [5.74, 6) is -1.87. The summed E-state index contributed by atoms with van der Waals surface area (Å²) in [6.45, 7) is 10.5. The molecular weight excluding hydrogens is 633 g/mol. The second-order valence-electron chi connectivity index (χ2n) is 13.5. The molecule has 0 saturated heterocycles. The van der Waals surface area contributed by atoms with Gasteiger partial charge in [-0.05, 0) is 76.4 Å². The van der Waals surface area contributed by atoms with E-state index in [-0.39, 0.29) is 19.5 Å². The number of nitrogens with one attached hydrogen (secondary N) is 1. The third kappa shape index (κ3) is 8.74. The van der Waals surface area contributed by atoms with Crippen LogP contribution in [0, 0.1) is 5.82 Å². The van der Waals surface area contributed by atoms with Gasteiger partial charge >= 0.3 is 12.1 Å². The molecule has 0 aromatic heterocycles. The van der Waals surface area contributed by atoms with E-state index in [1.165, 1.54) is 18.1 Å². The third-order valence-corrected chi connectivity index (χ3v) is 8.52. The zero-order valence-electron chi connectivity index (χ0n) is 28.5. The molecular formula is C37H44FN3O6S. The van der Waals surface area contributed by atoms with Crippen LogP contribution in [-0.2, 0) is 38.6 Å². The Morgan fingerprint density at radius 3 is 2.15 bits per heavy atom. The van der Waals surface area contributed by atoms with Gasteiger partial charge in [-0.1, -0.05) is 54.6 Å². The lowest BCUT2D eigenvalue weighted by molar-refractivity contribution is -0.150. The second kappa shape index (κ2) is 14.8. The van der Waals surface area contributed by atoms with Crippen molar-refractivity contribution in [1.82, 2.24) is 15.1 Å². The molecule has 0 fully saturated rings. The summed E-state index contributed by atoms with van der Waals surface area (Å²) in [6, 6.07) is 17.6. The molecule has 0 bridgehead atoms. The number of methoxy groups -OCH3 is 1. The van der Waals surface area contributed by atoms with E-state index in [9.17, 15) is 19.2 Å². The third-order valence-electron chi connectivity index (χ3n) is 8.27. The zero-order valence-corrected chi connectivity index (χ0v) is 29.3. The van der Waals surface area contributed by atoms with Crippen molar-refractivity contribution >= 4 is 36.5 Å². The lowest BCUT2D eigenvalue weighted by atomic mass is 9.90. The summed E-state index contributed by atoms with van der Waals surface area (Å²) < 4.78 is 24.4. The Balaban J connectivity index is 1.77. The van der Waals surface area contributed by atoms with E-state index in [0.29, 0.717) is 16.7 Å². The van der Waals surface area contributed by atoms with E-state index >= 15 is 4.39 Å². The Bertz CT molecular complexity index is 1650. The molecule has 256 valence electrons. The lowest BCUT2D eigenvalue weighted by Crippen LogP contribution is -2.62. The molecule has 3 aromatic rings. The van der Waals surface area contributed by atoms with Crippen molar-refractivity contribution in [3.8, 4) is 0 Å². The molecule has 1 N–H and O–H groups in total. The quantitative estimate of drug-likeness (QED) is 0.205. The number of thiol groups is 1. The van der Waals surface area contributed by atoms with Gasteiger partial charge in [-0.2, -0.15) is 12.6 Å². The van der Waals surface area contributed by atoms with E-state index in [1.54, 1.807) is 88.9 Å². The SMILES string of the molecule is COC(=O)c1ccc(CN(C(=O)[C@@H]2Cc3ccccc3CN2C(=O)C(NC(=O)OC(C)(C)C)C(C)(C)S)[C@H](C)c2ccccc2F)cc1. The number of esters is 1. The predicted octanol–water partition coefficient (Wildman–Crippen LogP) is 6.26. The molecule has 3 amide bonds. The van der Waals surface area contributed by atoms with Gasteiger partial charge < -0.3 is 24.6 Å². The highest BCUT2D eigenvalue weighted by Crippen LogP contribution is 2.32. The minimum atomic E-state index is -1.15. The number of hydrogen-bond donors (Lipinski definition) is 2. The van der Waals surface area contributed by atoms with Gasteiger partial charge in [-0.25, -0.2) is 14.0 Å². The fourth-order valence-electron chi connectivity index (χ4n) is 5.75.